The molecule has 80 valence electrons. The van der Waals surface area contributed by atoms with Crippen LogP contribution in [0.5, 0.6) is 0 Å². The van der Waals surface area contributed by atoms with E-state index in [1.807, 2.05) is 11.3 Å². The van der Waals surface area contributed by atoms with Crippen molar-refractivity contribution in [2.45, 2.75) is 33.1 Å². The van der Waals surface area contributed by atoms with Gasteiger partial charge in [-0.1, -0.05) is 13.8 Å². The molecule has 0 aliphatic rings. The smallest absolute Gasteiger partial charge is 0.0314 e. The predicted molar refractivity (Wildman–Crippen MR) is 69.5 cm³/mol. The summed E-state index contributed by atoms with van der Waals surface area (Å²) < 4.78 is 1.24. The number of halogens is 2. The Kier molecular flexibility index (Phi) is 4.95. The lowest BCUT2D eigenvalue weighted by Gasteiger charge is -2.28. The van der Waals surface area contributed by atoms with Crippen LogP contribution in [-0.4, -0.2) is 5.88 Å². The van der Waals surface area contributed by atoms with Crippen molar-refractivity contribution < 1.29 is 0 Å². The quantitative estimate of drug-likeness (QED) is 0.663. The molecule has 0 spiro atoms. The third kappa shape index (κ3) is 2.74. The van der Waals surface area contributed by atoms with Crippen molar-refractivity contribution in [3.63, 3.8) is 0 Å². The summed E-state index contributed by atoms with van der Waals surface area (Å²) in [5, 5.41) is 2.13. The first-order chi connectivity index (χ1) is 6.67. The molecule has 0 aliphatic heterocycles. The molecule has 3 heteroatoms. The van der Waals surface area contributed by atoms with Gasteiger partial charge in [-0.3, -0.25) is 0 Å². The van der Waals surface area contributed by atoms with E-state index in [2.05, 4.69) is 41.2 Å². The molecule has 0 atom stereocenters. The number of hydrogen-bond donors (Lipinski definition) is 0. The lowest BCUT2D eigenvalue weighted by atomic mass is 9.81. The van der Waals surface area contributed by atoms with Gasteiger partial charge in [0.1, 0.15) is 0 Å². The normalized spacial score (nSPS) is 12.0. The van der Waals surface area contributed by atoms with Crippen LogP contribution in [0.2, 0.25) is 0 Å². The van der Waals surface area contributed by atoms with Gasteiger partial charge in [0.05, 0.1) is 0 Å². The second-order valence-corrected chi connectivity index (χ2v) is 5.83. The van der Waals surface area contributed by atoms with Crippen molar-refractivity contribution in [2.75, 3.05) is 5.88 Å². The second-order valence-electron chi connectivity index (χ2n) is 3.71. The summed E-state index contributed by atoms with van der Waals surface area (Å²) in [5.74, 6) is 0.754. The van der Waals surface area contributed by atoms with Crippen LogP contribution in [0.1, 0.15) is 31.6 Å². The van der Waals surface area contributed by atoms with Crippen molar-refractivity contribution in [1.82, 2.24) is 0 Å². The van der Waals surface area contributed by atoms with Crippen LogP contribution < -0.4 is 0 Å². The van der Waals surface area contributed by atoms with Gasteiger partial charge in [0.25, 0.3) is 0 Å². The highest BCUT2D eigenvalue weighted by Crippen LogP contribution is 2.36. The minimum atomic E-state index is 0.287. The SMILES string of the molecule is CCC(CC)(CCl)Cc1sccc1Br. The molecular weight excluding hydrogens is 280 g/mol. The molecule has 1 aromatic heterocycles. The molecule has 0 saturated carbocycles. The second kappa shape index (κ2) is 5.53. The van der Waals surface area contributed by atoms with Gasteiger partial charge in [-0.2, -0.15) is 0 Å². The average Bonchev–Trinajstić information content (AvgIpc) is 2.61. The summed E-state index contributed by atoms with van der Waals surface area (Å²) in [7, 11) is 0. The first kappa shape index (κ1) is 12.5. The van der Waals surface area contributed by atoms with Crippen molar-refractivity contribution in [3.05, 3.63) is 20.8 Å². The fourth-order valence-corrected chi connectivity index (χ4v) is 3.67. The largest absolute Gasteiger partial charge is 0.148 e. The third-order valence-corrected chi connectivity index (χ3v) is 5.50. The van der Waals surface area contributed by atoms with Crippen LogP contribution in [0, 0.1) is 5.41 Å². The summed E-state index contributed by atoms with van der Waals surface area (Å²) in [5.41, 5.74) is 0.287. The van der Waals surface area contributed by atoms with Crippen LogP contribution >= 0.6 is 38.9 Å². The molecule has 0 saturated heterocycles. The van der Waals surface area contributed by atoms with Gasteiger partial charge in [0, 0.05) is 15.2 Å². The minimum Gasteiger partial charge on any atom is -0.148 e. The van der Waals surface area contributed by atoms with Crippen molar-refractivity contribution in [3.8, 4) is 0 Å². The molecular formula is C11H16BrClS. The maximum Gasteiger partial charge on any atom is 0.0314 e. The van der Waals surface area contributed by atoms with E-state index in [0.717, 1.165) is 25.1 Å². The lowest BCUT2D eigenvalue weighted by Crippen LogP contribution is -2.23. The first-order valence-corrected chi connectivity index (χ1v) is 7.16. The number of alkyl halides is 1. The molecule has 0 radical (unpaired) electrons. The topological polar surface area (TPSA) is 0 Å². The van der Waals surface area contributed by atoms with Crippen LogP contribution in [0.4, 0.5) is 0 Å². The van der Waals surface area contributed by atoms with Crippen LogP contribution in [0.15, 0.2) is 15.9 Å². The molecule has 0 aromatic carbocycles. The Bertz CT molecular complexity index is 270. The Balaban J connectivity index is 2.79. The van der Waals surface area contributed by atoms with Crippen molar-refractivity contribution in [2.24, 2.45) is 5.41 Å². The maximum absolute atomic E-state index is 6.08. The number of thiophene rings is 1. The Morgan fingerprint density at radius 1 is 1.43 bits per heavy atom. The summed E-state index contributed by atoms with van der Waals surface area (Å²) in [4.78, 5) is 1.43. The lowest BCUT2D eigenvalue weighted by molar-refractivity contribution is 0.303. The summed E-state index contributed by atoms with van der Waals surface area (Å²) in [6.45, 7) is 4.46. The predicted octanol–water partition coefficient (Wildman–Crippen LogP) is 5.10. The Morgan fingerprint density at radius 3 is 2.43 bits per heavy atom. The van der Waals surface area contributed by atoms with E-state index in [-0.39, 0.29) is 5.41 Å². The molecule has 0 aliphatic carbocycles. The van der Waals surface area contributed by atoms with E-state index in [0.29, 0.717) is 0 Å². The molecule has 14 heavy (non-hydrogen) atoms. The van der Waals surface area contributed by atoms with Crippen LogP contribution in [-0.2, 0) is 6.42 Å². The van der Waals surface area contributed by atoms with Gasteiger partial charge in [-0.15, -0.1) is 22.9 Å². The Hall–Kier alpha value is 0.470. The highest BCUT2D eigenvalue weighted by atomic mass is 79.9. The molecule has 1 heterocycles. The third-order valence-electron chi connectivity index (χ3n) is 3.01. The zero-order chi connectivity index (χ0) is 10.6. The van der Waals surface area contributed by atoms with E-state index in [1.165, 1.54) is 9.35 Å². The first-order valence-electron chi connectivity index (χ1n) is 4.95. The maximum atomic E-state index is 6.08. The van der Waals surface area contributed by atoms with Gasteiger partial charge in [0.15, 0.2) is 0 Å². The zero-order valence-electron chi connectivity index (χ0n) is 8.65. The van der Waals surface area contributed by atoms with Gasteiger partial charge < -0.3 is 0 Å². The standard InChI is InChI=1S/C11H16BrClS/c1-3-11(4-2,8-13)7-10-9(12)5-6-14-10/h5-6H,3-4,7-8H2,1-2H3. The fourth-order valence-electron chi connectivity index (χ4n) is 1.53. The van der Waals surface area contributed by atoms with E-state index in [1.54, 1.807) is 0 Å². The van der Waals surface area contributed by atoms with Crippen LogP contribution in [0.3, 0.4) is 0 Å². The summed E-state index contributed by atoms with van der Waals surface area (Å²) in [6, 6.07) is 2.12. The molecule has 0 unspecified atom stereocenters. The molecule has 1 rings (SSSR count). The van der Waals surface area contributed by atoms with Gasteiger partial charge in [-0.05, 0) is 52.1 Å². The monoisotopic (exact) mass is 294 g/mol. The summed E-state index contributed by atoms with van der Waals surface area (Å²) in [6.07, 6.45) is 3.40. The van der Waals surface area contributed by atoms with E-state index in [4.69, 9.17) is 11.6 Å². The fraction of sp³-hybridized carbons (Fsp3) is 0.636. The highest BCUT2D eigenvalue weighted by molar-refractivity contribution is 9.10. The average molecular weight is 296 g/mol. The highest BCUT2D eigenvalue weighted by Gasteiger charge is 2.26. The van der Waals surface area contributed by atoms with E-state index in [9.17, 15) is 0 Å². The van der Waals surface area contributed by atoms with E-state index >= 15 is 0 Å². The molecule has 0 bridgehead atoms. The molecule has 0 fully saturated rings. The zero-order valence-corrected chi connectivity index (χ0v) is 11.8. The minimum absolute atomic E-state index is 0.287. The number of rotatable bonds is 5. The Labute approximate surface area is 104 Å². The van der Waals surface area contributed by atoms with Crippen LogP contribution in [0.25, 0.3) is 0 Å². The summed E-state index contributed by atoms with van der Waals surface area (Å²) >= 11 is 11.5. The molecule has 1 aromatic rings. The van der Waals surface area contributed by atoms with Gasteiger partial charge in [-0.25, -0.2) is 0 Å². The molecule has 0 nitrogen and oxygen atoms in total. The Morgan fingerprint density at radius 2 is 2.07 bits per heavy atom. The van der Waals surface area contributed by atoms with Gasteiger partial charge in [0.2, 0.25) is 0 Å². The van der Waals surface area contributed by atoms with E-state index < -0.39 is 0 Å². The van der Waals surface area contributed by atoms with Crippen molar-refractivity contribution >= 4 is 38.9 Å². The molecule has 0 amide bonds. The molecule has 0 N–H and O–H groups in total. The van der Waals surface area contributed by atoms with Crippen molar-refractivity contribution in [1.29, 1.82) is 0 Å². The van der Waals surface area contributed by atoms with Gasteiger partial charge >= 0.3 is 0 Å². The number of hydrogen-bond acceptors (Lipinski definition) is 1.